The maximum atomic E-state index is 12.5. The van der Waals surface area contributed by atoms with E-state index < -0.39 is 12.2 Å². The third-order valence-corrected chi connectivity index (χ3v) is 4.75. The molecule has 3 atom stereocenters. The lowest BCUT2D eigenvalue weighted by atomic mass is 9.91. The second-order valence-corrected chi connectivity index (χ2v) is 6.45. The Bertz CT molecular complexity index is 535. The molecular weight excluding hydrogens is 302 g/mol. The van der Waals surface area contributed by atoms with E-state index in [2.05, 4.69) is 0 Å². The predicted octanol–water partition coefficient (Wildman–Crippen LogP) is 3.18. The molecule has 1 aromatic carbocycles. The standard InChI is InChI=1S/C17H24ClNO3/c1-11-10-13(8-9-14(11)18)22-12(2)17(21)19(3)15-6-4-5-7-16(15)20/h8-10,12,15-16,20H,4-7H2,1-3H3/t12-,15+,16-/m1/s1. The Labute approximate surface area is 137 Å². The fraction of sp³-hybridized carbons (Fsp3) is 0.588. The molecule has 0 unspecified atom stereocenters. The molecule has 1 fully saturated rings. The first-order valence-electron chi connectivity index (χ1n) is 7.77. The normalized spacial score (nSPS) is 23.0. The van der Waals surface area contributed by atoms with E-state index in [9.17, 15) is 9.90 Å². The summed E-state index contributed by atoms with van der Waals surface area (Å²) >= 11 is 5.99. The number of hydrogen-bond donors (Lipinski definition) is 1. The van der Waals surface area contributed by atoms with Crippen LogP contribution in [-0.4, -0.2) is 41.2 Å². The smallest absolute Gasteiger partial charge is 0.263 e. The molecule has 4 nitrogen and oxygen atoms in total. The molecule has 1 aromatic rings. The highest BCUT2D eigenvalue weighted by atomic mass is 35.5. The van der Waals surface area contributed by atoms with Gasteiger partial charge in [0.2, 0.25) is 0 Å². The summed E-state index contributed by atoms with van der Waals surface area (Å²) in [7, 11) is 1.74. The van der Waals surface area contributed by atoms with Gasteiger partial charge in [-0.1, -0.05) is 24.4 Å². The van der Waals surface area contributed by atoms with Gasteiger partial charge in [-0.05, 0) is 50.5 Å². The Morgan fingerprint density at radius 1 is 1.41 bits per heavy atom. The third kappa shape index (κ3) is 3.93. The second-order valence-electron chi connectivity index (χ2n) is 6.04. The molecule has 0 aromatic heterocycles. The minimum absolute atomic E-state index is 0.112. The Kier molecular flexibility index (Phi) is 5.70. The number of benzene rings is 1. The number of ether oxygens (including phenoxy) is 1. The number of amides is 1. The van der Waals surface area contributed by atoms with Gasteiger partial charge in [-0.15, -0.1) is 0 Å². The summed E-state index contributed by atoms with van der Waals surface area (Å²) in [6.45, 7) is 3.63. The summed E-state index contributed by atoms with van der Waals surface area (Å²) in [5.41, 5.74) is 0.912. The van der Waals surface area contributed by atoms with Crippen LogP contribution in [0.25, 0.3) is 0 Å². The zero-order valence-electron chi connectivity index (χ0n) is 13.4. The van der Waals surface area contributed by atoms with E-state index in [4.69, 9.17) is 16.3 Å². The van der Waals surface area contributed by atoms with Gasteiger partial charge in [0.25, 0.3) is 5.91 Å². The average Bonchev–Trinajstić information content (AvgIpc) is 2.50. The molecule has 0 spiro atoms. The fourth-order valence-electron chi connectivity index (χ4n) is 2.94. The molecule has 2 rings (SSSR count). The molecule has 0 saturated heterocycles. The largest absolute Gasteiger partial charge is 0.481 e. The number of halogens is 1. The van der Waals surface area contributed by atoms with E-state index in [1.807, 2.05) is 13.0 Å². The number of hydrogen-bond acceptors (Lipinski definition) is 3. The van der Waals surface area contributed by atoms with Crippen molar-refractivity contribution in [2.45, 2.75) is 57.8 Å². The number of carbonyl (C=O) groups is 1. The van der Waals surface area contributed by atoms with Crippen LogP contribution < -0.4 is 4.74 Å². The Morgan fingerprint density at radius 2 is 2.09 bits per heavy atom. The maximum absolute atomic E-state index is 12.5. The number of likely N-dealkylation sites (N-methyl/N-ethyl adjacent to an activating group) is 1. The average molecular weight is 326 g/mol. The van der Waals surface area contributed by atoms with Gasteiger partial charge < -0.3 is 14.7 Å². The zero-order valence-corrected chi connectivity index (χ0v) is 14.1. The van der Waals surface area contributed by atoms with E-state index in [1.54, 1.807) is 31.0 Å². The van der Waals surface area contributed by atoms with Gasteiger partial charge in [0.1, 0.15) is 5.75 Å². The number of aliphatic hydroxyl groups is 1. The van der Waals surface area contributed by atoms with Crippen molar-refractivity contribution in [1.82, 2.24) is 4.90 Å². The first-order chi connectivity index (χ1) is 10.4. The van der Waals surface area contributed by atoms with Gasteiger partial charge in [-0.3, -0.25) is 4.79 Å². The van der Waals surface area contributed by atoms with E-state index in [-0.39, 0.29) is 11.9 Å². The van der Waals surface area contributed by atoms with Gasteiger partial charge in [0.05, 0.1) is 12.1 Å². The van der Waals surface area contributed by atoms with E-state index in [1.165, 1.54) is 0 Å². The monoisotopic (exact) mass is 325 g/mol. The zero-order chi connectivity index (χ0) is 16.3. The summed E-state index contributed by atoms with van der Waals surface area (Å²) in [6, 6.07) is 5.23. The minimum Gasteiger partial charge on any atom is -0.481 e. The summed E-state index contributed by atoms with van der Waals surface area (Å²) in [5, 5.41) is 10.8. The molecule has 0 aliphatic heterocycles. The van der Waals surface area contributed by atoms with Crippen molar-refractivity contribution < 1.29 is 14.6 Å². The highest BCUT2D eigenvalue weighted by molar-refractivity contribution is 6.31. The van der Waals surface area contributed by atoms with Gasteiger partial charge in [-0.2, -0.15) is 0 Å². The van der Waals surface area contributed by atoms with Crippen molar-refractivity contribution in [3.8, 4) is 5.75 Å². The van der Waals surface area contributed by atoms with Crippen LogP contribution in [0.4, 0.5) is 0 Å². The molecule has 22 heavy (non-hydrogen) atoms. The molecule has 5 heteroatoms. The lowest BCUT2D eigenvalue weighted by Gasteiger charge is -2.36. The van der Waals surface area contributed by atoms with E-state index in [0.29, 0.717) is 10.8 Å². The van der Waals surface area contributed by atoms with Gasteiger partial charge in [0, 0.05) is 12.1 Å². The first kappa shape index (κ1) is 17.1. The summed E-state index contributed by atoms with van der Waals surface area (Å²) in [4.78, 5) is 14.1. The van der Waals surface area contributed by atoms with Crippen molar-refractivity contribution in [3.05, 3.63) is 28.8 Å². The molecular formula is C17H24ClNO3. The number of carbonyl (C=O) groups excluding carboxylic acids is 1. The molecule has 0 bridgehead atoms. The lowest BCUT2D eigenvalue weighted by Crippen LogP contribution is -2.50. The maximum Gasteiger partial charge on any atom is 0.263 e. The molecule has 1 amide bonds. The number of rotatable bonds is 4. The fourth-order valence-corrected chi connectivity index (χ4v) is 3.06. The van der Waals surface area contributed by atoms with E-state index >= 15 is 0 Å². The summed E-state index contributed by atoms with van der Waals surface area (Å²) in [6.07, 6.45) is 2.64. The number of aliphatic hydroxyl groups excluding tert-OH is 1. The van der Waals surface area contributed by atoms with Crippen LogP contribution >= 0.6 is 11.6 Å². The quantitative estimate of drug-likeness (QED) is 0.925. The number of nitrogens with zero attached hydrogens (tertiary/aromatic N) is 1. The molecule has 1 saturated carbocycles. The van der Waals surface area contributed by atoms with Crippen LogP contribution in [0.15, 0.2) is 18.2 Å². The topological polar surface area (TPSA) is 49.8 Å². The summed E-state index contributed by atoms with van der Waals surface area (Å²) in [5.74, 6) is 0.513. The van der Waals surface area contributed by atoms with Gasteiger partial charge in [-0.25, -0.2) is 0 Å². The highest BCUT2D eigenvalue weighted by Crippen LogP contribution is 2.25. The first-order valence-corrected chi connectivity index (χ1v) is 8.15. The van der Waals surface area contributed by atoms with Crippen LogP contribution in [0.2, 0.25) is 5.02 Å². The van der Waals surface area contributed by atoms with Gasteiger partial charge >= 0.3 is 0 Å². The van der Waals surface area contributed by atoms with Crippen LogP contribution in [0.3, 0.4) is 0 Å². The SMILES string of the molecule is Cc1cc(O[C@H](C)C(=O)N(C)[C@H]2CCCC[C@H]2O)ccc1Cl. The van der Waals surface area contributed by atoms with Gasteiger partial charge in [0.15, 0.2) is 6.10 Å². The molecule has 0 heterocycles. The third-order valence-electron chi connectivity index (χ3n) is 4.33. The minimum atomic E-state index is -0.597. The van der Waals surface area contributed by atoms with Crippen LogP contribution in [0.5, 0.6) is 5.75 Å². The van der Waals surface area contributed by atoms with Crippen molar-refractivity contribution in [1.29, 1.82) is 0 Å². The highest BCUT2D eigenvalue weighted by Gasteiger charge is 2.31. The van der Waals surface area contributed by atoms with Crippen molar-refractivity contribution in [2.24, 2.45) is 0 Å². The summed E-state index contributed by atoms with van der Waals surface area (Å²) < 4.78 is 5.73. The van der Waals surface area contributed by atoms with Crippen molar-refractivity contribution in [2.75, 3.05) is 7.05 Å². The predicted molar refractivity (Wildman–Crippen MR) is 87.3 cm³/mol. The Balaban J connectivity index is 2.00. The second kappa shape index (κ2) is 7.34. The molecule has 1 N–H and O–H groups in total. The molecule has 1 aliphatic rings. The van der Waals surface area contributed by atoms with Crippen molar-refractivity contribution >= 4 is 17.5 Å². The number of aryl methyl sites for hydroxylation is 1. The van der Waals surface area contributed by atoms with Crippen LogP contribution in [0, 0.1) is 6.92 Å². The Morgan fingerprint density at radius 3 is 2.73 bits per heavy atom. The molecule has 122 valence electrons. The molecule has 1 aliphatic carbocycles. The molecule has 0 radical (unpaired) electrons. The Hall–Kier alpha value is -1.26. The van der Waals surface area contributed by atoms with Crippen LogP contribution in [-0.2, 0) is 4.79 Å². The van der Waals surface area contributed by atoms with Crippen LogP contribution in [0.1, 0.15) is 38.2 Å². The van der Waals surface area contributed by atoms with Crippen molar-refractivity contribution in [3.63, 3.8) is 0 Å². The van der Waals surface area contributed by atoms with E-state index in [0.717, 1.165) is 31.2 Å². The lowest BCUT2D eigenvalue weighted by molar-refractivity contribution is -0.142.